The van der Waals surface area contributed by atoms with E-state index in [1.165, 1.54) is 11.8 Å². The number of hydrogen-bond donors (Lipinski definition) is 1. The molecule has 0 aliphatic rings. The zero-order valence-electron chi connectivity index (χ0n) is 15.8. The van der Waals surface area contributed by atoms with Gasteiger partial charge in [0.15, 0.2) is 0 Å². The number of carbonyl (C=O) groups is 1. The quantitative estimate of drug-likeness (QED) is 0.333. The van der Waals surface area contributed by atoms with Crippen LogP contribution in [0.2, 0.25) is 0 Å². The largest absolute Gasteiger partial charge is 0.467 e. The maximum absolute atomic E-state index is 12.3. The van der Waals surface area contributed by atoms with Crippen molar-refractivity contribution in [2.45, 2.75) is 11.7 Å². The minimum Gasteiger partial charge on any atom is -0.467 e. The van der Waals surface area contributed by atoms with Crippen LogP contribution < -0.4 is 5.32 Å². The highest BCUT2D eigenvalue weighted by atomic mass is 32.2. The number of furan rings is 1. The van der Waals surface area contributed by atoms with Gasteiger partial charge in [-0.05, 0) is 59.0 Å². The molecule has 2 heterocycles. The normalized spacial score (nSPS) is 11.1. The highest BCUT2D eigenvalue weighted by molar-refractivity contribution is 7.99. The van der Waals surface area contributed by atoms with Gasteiger partial charge in [0.1, 0.15) is 12.3 Å². The minimum atomic E-state index is -0.161. The Morgan fingerprint density at radius 2 is 1.77 bits per heavy atom. The lowest BCUT2D eigenvalue weighted by Crippen LogP contribution is -2.14. The van der Waals surface area contributed by atoms with Gasteiger partial charge in [0.25, 0.3) is 0 Å². The van der Waals surface area contributed by atoms with Crippen LogP contribution in [-0.2, 0) is 11.3 Å². The van der Waals surface area contributed by atoms with Crippen molar-refractivity contribution < 1.29 is 9.21 Å². The van der Waals surface area contributed by atoms with Gasteiger partial charge >= 0.3 is 0 Å². The van der Waals surface area contributed by atoms with Gasteiger partial charge in [-0.1, -0.05) is 30.0 Å². The summed E-state index contributed by atoms with van der Waals surface area (Å²) < 4.78 is 6.89. The molecule has 4 rings (SSSR count). The van der Waals surface area contributed by atoms with E-state index in [0.29, 0.717) is 23.1 Å². The molecule has 0 bridgehead atoms. The molecule has 30 heavy (non-hydrogen) atoms. The van der Waals surface area contributed by atoms with E-state index >= 15 is 0 Å². The fraction of sp³-hybridized carbons (Fsp3) is 0.100. The Labute approximate surface area is 176 Å². The molecule has 0 saturated heterocycles. The number of amides is 1. The molecule has 1 N–H and O–H groups in total. The Bertz CT molecular complexity index is 1110. The Hall–Kier alpha value is -3.79. The van der Waals surface area contributed by atoms with E-state index in [1.54, 1.807) is 41.3 Å². The van der Waals surface area contributed by atoms with Crippen LogP contribution in [0.5, 0.6) is 0 Å². The number of nitrogens with one attached hydrogen (secondary N) is 1. The summed E-state index contributed by atoms with van der Waals surface area (Å²) in [5.74, 6) is 0.748. The van der Waals surface area contributed by atoms with Crippen LogP contribution in [-0.4, -0.2) is 31.9 Å². The molecule has 0 fully saturated rings. The van der Waals surface area contributed by atoms with Crippen molar-refractivity contribution in [2.75, 3.05) is 11.1 Å². The summed E-state index contributed by atoms with van der Waals surface area (Å²) in [5, 5.41) is 23.3. The topological polar surface area (TPSA) is 111 Å². The maximum Gasteiger partial charge on any atom is 0.234 e. The lowest BCUT2D eigenvalue weighted by Gasteiger charge is -2.05. The van der Waals surface area contributed by atoms with Gasteiger partial charge < -0.3 is 9.73 Å². The number of azo groups is 1. The highest BCUT2D eigenvalue weighted by Gasteiger charge is 2.11. The predicted molar refractivity (Wildman–Crippen MR) is 112 cm³/mol. The smallest absolute Gasteiger partial charge is 0.234 e. The zero-order valence-corrected chi connectivity index (χ0v) is 16.6. The number of aromatic nitrogens is 4. The van der Waals surface area contributed by atoms with Crippen LogP contribution in [0.15, 0.2) is 92.8 Å². The molecule has 0 aliphatic heterocycles. The third kappa shape index (κ3) is 5.39. The summed E-state index contributed by atoms with van der Waals surface area (Å²) in [6.07, 6.45) is 1.59. The summed E-state index contributed by atoms with van der Waals surface area (Å²) >= 11 is 1.25. The molecule has 150 valence electrons. The molecule has 4 aromatic rings. The van der Waals surface area contributed by atoms with Crippen LogP contribution in [0.1, 0.15) is 5.76 Å². The molecule has 2 aromatic carbocycles. The fourth-order valence-corrected chi connectivity index (χ4v) is 3.17. The number of thioether (sulfide) groups is 1. The molecule has 0 radical (unpaired) electrons. The van der Waals surface area contributed by atoms with E-state index in [2.05, 4.69) is 31.1 Å². The van der Waals surface area contributed by atoms with Gasteiger partial charge in [-0.15, -0.1) is 5.10 Å². The van der Waals surface area contributed by atoms with Gasteiger partial charge in [-0.2, -0.15) is 10.2 Å². The number of hydrogen-bond acceptors (Lipinski definition) is 8. The van der Waals surface area contributed by atoms with E-state index in [1.807, 2.05) is 36.4 Å². The summed E-state index contributed by atoms with van der Waals surface area (Å²) in [7, 11) is 0. The van der Waals surface area contributed by atoms with Crippen LogP contribution >= 0.6 is 11.8 Å². The Morgan fingerprint density at radius 1 is 1.00 bits per heavy atom. The van der Waals surface area contributed by atoms with E-state index in [9.17, 15) is 4.79 Å². The average molecular weight is 419 g/mol. The summed E-state index contributed by atoms with van der Waals surface area (Å²) in [6.45, 7) is 0.406. The van der Waals surface area contributed by atoms with Crippen LogP contribution in [0.3, 0.4) is 0 Å². The molecular weight excluding hydrogens is 402 g/mol. The second kappa shape index (κ2) is 9.61. The molecule has 0 atom stereocenters. The van der Waals surface area contributed by atoms with E-state index in [-0.39, 0.29) is 11.7 Å². The van der Waals surface area contributed by atoms with Crippen molar-refractivity contribution in [3.63, 3.8) is 0 Å². The van der Waals surface area contributed by atoms with Gasteiger partial charge in [0, 0.05) is 5.69 Å². The number of carbonyl (C=O) groups excluding carboxylic acids is 1. The highest BCUT2D eigenvalue weighted by Crippen LogP contribution is 2.21. The molecule has 0 saturated carbocycles. The molecule has 0 unspecified atom stereocenters. The van der Waals surface area contributed by atoms with Gasteiger partial charge in [0.05, 0.1) is 23.4 Å². The predicted octanol–water partition coefficient (Wildman–Crippen LogP) is 4.46. The van der Waals surface area contributed by atoms with Gasteiger partial charge in [0.2, 0.25) is 11.1 Å². The first-order valence-corrected chi connectivity index (χ1v) is 10.0. The van der Waals surface area contributed by atoms with Crippen LogP contribution in [0.4, 0.5) is 17.1 Å². The third-order valence-electron chi connectivity index (χ3n) is 3.91. The fourth-order valence-electron chi connectivity index (χ4n) is 2.50. The molecule has 9 nitrogen and oxygen atoms in total. The lowest BCUT2D eigenvalue weighted by atomic mass is 10.3. The van der Waals surface area contributed by atoms with Crippen molar-refractivity contribution >= 4 is 34.7 Å². The van der Waals surface area contributed by atoms with Crippen molar-refractivity contribution in [3.8, 4) is 0 Å². The molecule has 1 amide bonds. The first-order valence-electron chi connectivity index (χ1n) is 9.04. The molecule has 0 spiro atoms. The zero-order chi connectivity index (χ0) is 20.6. The average Bonchev–Trinajstić information content (AvgIpc) is 3.45. The Balaban J connectivity index is 1.28. The molecule has 0 aliphatic carbocycles. The van der Waals surface area contributed by atoms with Crippen LogP contribution in [0, 0.1) is 0 Å². The summed E-state index contributed by atoms with van der Waals surface area (Å²) in [6, 6.07) is 20.3. The van der Waals surface area contributed by atoms with E-state index in [0.717, 1.165) is 11.4 Å². The Morgan fingerprint density at radius 3 is 2.50 bits per heavy atom. The molecular formula is C20H17N7O2S. The van der Waals surface area contributed by atoms with Crippen molar-refractivity contribution in [3.05, 3.63) is 78.8 Å². The van der Waals surface area contributed by atoms with Gasteiger partial charge in [-0.3, -0.25) is 4.79 Å². The van der Waals surface area contributed by atoms with E-state index in [4.69, 9.17) is 4.42 Å². The first kappa shape index (κ1) is 19.5. The second-order valence-corrected chi connectivity index (χ2v) is 7.06. The third-order valence-corrected chi connectivity index (χ3v) is 4.86. The number of anilines is 1. The standard InChI is InChI=1S/C20H17N7O2S/c28-19(14-30-20-24-25-26-27(20)13-18-7-4-12-29-18)21-15-8-10-17(11-9-15)23-22-16-5-2-1-3-6-16/h1-12H,13-14H2,(H,21,28). The minimum absolute atomic E-state index is 0.161. The summed E-state index contributed by atoms with van der Waals surface area (Å²) in [4.78, 5) is 12.3. The van der Waals surface area contributed by atoms with Crippen molar-refractivity contribution in [1.82, 2.24) is 20.2 Å². The monoisotopic (exact) mass is 419 g/mol. The van der Waals surface area contributed by atoms with Gasteiger partial charge in [-0.25, -0.2) is 4.68 Å². The number of nitrogens with zero attached hydrogens (tertiary/aromatic N) is 6. The number of rotatable bonds is 8. The molecule has 2 aromatic heterocycles. The number of benzene rings is 2. The van der Waals surface area contributed by atoms with Crippen molar-refractivity contribution in [2.24, 2.45) is 10.2 Å². The second-order valence-electron chi connectivity index (χ2n) is 6.12. The van der Waals surface area contributed by atoms with Crippen molar-refractivity contribution in [1.29, 1.82) is 0 Å². The number of tetrazole rings is 1. The molecule has 10 heteroatoms. The first-order chi connectivity index (χ1) is 14.8. The Kier molecular flexibility index (Phi) is 6.25. The SMILES string of the molecule is O=C(CSc1nnnn1Cc1ccco1)Nc1ccc(N=Nc2ccccc2)cc1. The summed E-state index contributed by atoms with van der Waals surface area (Å²) in [5.41, 5.74) is 2.15. The maximum atomic E-state index is 12.3. The lowest BCUT2D eigenvalue weighted by molar-refractivity contribution is -0.113. The van der Waals surface area contributed by atoms with E-state index < -0.39 is 0 Å². The van der Waals surface area contributed by atoms with Crippen LogP contribution in [0.25, 0.3) is 0 Å².